The van der Waals surface area contributed by atoms with Crippen molar-refractivity contribution >= 4 is 17.7 Å². The Morgan fingerprint density at radius 1 is 1.12 bits per heavy atom. The SMILES string of the molecule is COCOc1cc(N)cc2c1[C@@H](O)O[C@@H](C)[C@H](C)/C=C\C(OC(=O)c1ccccc1)[C@H]1OC(C)(C)O[C@H]1C/C=C/2. The maximum Gasteiger partial charge on any atom is 0.338 e. The maximum atomic E-state index is 13.0. The number of nitrogens with two attached hydrogens (primary N) is 1. The molecule has 2 aliphatic rings. The molecule has 40 heavy (non-hydrogen) atoms. The van der Waals surface area contributed by atoms with Crippen LogP contribution >= 0.6 is 0 Å². The van der Waals surface area contributed by atoms with Gasteiger partial charge < -0.3 is 39.3 Å². The molecule has 0 spiro atoms. The summed E-state index contributed by atoms with van der Waals surface area (Å²) < 4.78 is 35.4. The molecular weight excluding hydrogens is 514 g/mol. The van der Waals surface area contributed by atoms with E-state index in [1.807, 2.05) is 58.1 Å². The average Bonchev–Trinajstić information content (AvgIpc) is 3.22. The van der Waals surface area contributed by atoms with E-state index in [1.54, 1.807) is 36.4 Å². The lowest BCUT2D eigenvalue weighted by Gasteiger charge is -2.27. The van der Waals surface area contributed by atoms with Crippen LogP contribution in [0.3, 0.4) is 0 Å². The molecular formula is C31H39NO8. The number of nitrogen functional groups attached to an aromatic ring is 1. The van der Waals surface area contributed by atoms with Crippen LogP contribution in [0.15, 0.2) is 60.7 Å². The zero-order valence-electron chi connectivity index (χ0n) is 23.6. The fourth-order valence-corrected chi connectivity index (χ4v) is 4.79. The van der Waals surface area contributed by atoms with Gasteiger partial charge in [0, 0.05) is 24.8 Å². The summed E-state index contributed by atoms with van der Waals surface area (Å²) in [6.07, 6.45) is 4.46. The molecule has 2 heterocycles. The summed E-state index contributed by atoms with van der Waals surface area (Å²) in [4.78, 5) is 13.0. The Bertz CT molecular complexity index is 1210. The van der Waals surface area contributed by atoms with Crippen LogP contribution < -0.4 is 10.5 Å². The number of ether oxygens (including phenoxy) is 6. The number of aliphatic hydroxyl groups excluding tert-OH is 1. The molecule has 1 fully saturated rings. The lowest BCUT2D eigenvalue weighted by atomic mass is 9.98. The summed E-state index contributed by atoms with van der Waals surface area (Å²) in [6.45, 7) is 7.46. The van der Waals surface area contributed by atoms with Crippen molar-refractivity contribution < 1.29 is 38.3 Å². The summed E-state index contributed by atoms with van der Waals surface area (Å²) in [7, 11) is 1.51. The molecule has 0 bridgehead atoms. The molecule has 6 atom stereocenters. The summed E-state index contributed by atoms with van der Waals surface area (Å²) in [6, 6.07) is 12.2. The highest BCUT2D eigenvalue weighted by Crippen LogP contribution is 2.37. The van der Waals surface area contributed by atoms with Crippen LogP contribution in [-0.2, 0) is 23.7 Å². The zero-order valence-corrected chi connectivity index (χ0v) is 23.6. The Morgan fingerprint density at radius 3 is 2.60 bits per heavy atom. The molecule has 216 valence electrons. The van der Waals surface area contributed by atoms with E-state index in [1.165, 1.54) is 7.11 Å². The quantitative estimate of drug-likeness (QED) is 0.228. The van der Waals surface area contributed by atoms with Crippen LogP contribution in [0.2, 0.25) is 0 Å². The van der Waals surface area contributed by atoms with Crippen LogP contribution in [-0.4, -0.2) is 55.2 Å². The van der Waals surface area contributed by atoms with Gasteiger partial charge in [-0.1, -0.05) is 43.4 Å². The Kier molecular flexibility index (Phi) is 9.65. The zero-order chi connectivity index (χ0) is 28.9. The van der Waals surface area contributed by atoms with Crippen LogP contribution in [0.5, 0.6) is 5.75 Å². The molecule has 1 saturated heterocycles. The molecule has 0 radical (unpaired) electrons. The summed E-state index contributed by atoms with van der Waals surface area (Å²) in [5, 5.41) is 11.2. The largest absolute Gasteiger partial charge is 0.467 e. The number of hydrogen-bond donors (Lipinski definition) is 2. The lowest BCUT2D eigenvalue weighted by Crippen LogP contribution is -2.37. The van der Waals surface area contributed by atoms with Crippen molar-refractivity contribution in [1.29, 1.82) is 0 Å². The van der Waals surface area contributed by atoms with E-state index >= 15 is 0 Å². The van der Waals surface area contributed by atoms with Gasteiger partial charge in [0.25, 0.3) is 0 Å². The predicted molar refractivity (Wildman–Crippen MR) is 150 cm³/mol. The number of benzene rings is 2. The van der Waals surface area contributed by atoms with E-state index in [9.17, 15) is 9.90 Å². The maximum absolute atomic E-state index is 13.0. The van der Waals surface area contributed by atoms with Gasteiger partial charge >= 0.3 is 5.97 Å². The third-order valence-electron chi connectivity index (χ3n) is 6.93. The number of anilines is 1. The number of aliphatic hydroxyl groups is 1. The summed E-state index contributed by atoms with van der Waals surface area (Å²) in [5.74, 6) is -1.15. The van der Waals surface area contributed by atoms with Crippen molar-refractivity contribution in [2.24, 2.45) is 5.92 Å². The third kappa shape index (κ3) is 7.30. The molecule has 4 rings (SSSR count). The average molecular weight is 554 g/mol. The molecule has 9 nitrogen and oxygen atoms in total. The van der Waals surface area contributed by atoms with Crippen LogP contribution in [0, 0.1) is 5.92 Å². The molecule has 0 amide bonds. The number of hydrogen-bond acceptors (Lipinski definition) is 9. The van der Waals surface area contributed by atoms with Crippen molar-refractivity contribution in [3.8, 4) is 5.75 Å². The number of carbonyl (C=O) groups excluding carboxylic acids is 1. The normalized spacial score (nSPS) is 29.9. The first-order valence-electron chi connectivity index (χ1n) is 13.4. The topological polar surface area (TPSA) is 119 Å². The molecule has 0 aromatic heterocycles. The molecule has 1 unspecified atom stereocenters. The van der Waals surface area contributed by atoms with E-state index in [0.717, 1.165) is 0 Å². The van der Waals surface area contributed by atoms with Crippen molar-refractivity contribution in [2.75, 3.05) is 19.6 Å². The van der Waals surface area contributed by atoms with E-state index in [4.69, 9.17) is 34.2 Å². The van der Waals surface area contributed by atoms with Gasteiger partial charge in [0.15, 0.2) is 18.9 Å². The highest BCUT2D eigenvalue weighted by molar-refractivity contribution is 5.89. The lowest BCUT2D eigenvalue weighted by molar-refractivity contribution is -0.153. The van der Waals surface area contributed by atoms with E-state index in [2.05, 4.69) is 0 Å². The monoisotopic (exact) mass is 553 g/mol. The molecule has 2 aromatic rings. The number of carbonyl (C=O) groups is 1. The first-order valence-corrected chi connectivity index (χ1v) is 13.4. The van der Waals surface area contributed by atoms with Crippen molar-refractivity contribution in [3.05, 3.63) is 77.4 Å². The molecule has 0 aliphatic carbocycles. The van der Waals surface area contributed by atoms with Gasteiger partial charge in [0.1, 0.15) is 18.0 Å². The minimum absolute atomic E-state index is 0.0197. The summed E-state index contributed by atoms with van der Waals surface area (Å²) >= 11 is 0. The van der Waals surface area contributed by atoms with Gasteiger partial charge in [0.2, 0.25) is 0 Å². The van der Waals surface area contributed by atoms with Crippen LogP contribution in [0.4, 0.5) is 5.69 Å². The minimum atomic E-state index is -1.30. The second kappa shape index (κ2) is 13.0. The second-order valence-electron chi connectivity index (χ2n) is 10.5. The Hall–Kier alpha value is -3.21. The highest BCUT2D eigenvalue weighted by Gasteiger charge is 2.45. The molecule has 0 saturated carbocycles. The number of rotatable bonds is 5. The fraction of sp³-hybridized carbons (Fsp3) is 0.452. The Labute approximate surface area is 235 Å². The van der Waals surface area contributed by atoms with Crippen molar-refractivity contribution in [1.82, 2.24) is 0 Å². The molecule has 2 aliphatic heterocycles. The fourth-order valence-electron chi connectivity index (χ4n) is 4.79. The van der Waals surface area contributed by atoms with Crippen molar-refractivity contribution in [2.45, 2.75) is 70.6 Å². The van der Waals surface area contributed by atoms with Gasteiger partial charge in [0.05, 0.1) is 23.3 Å². The Balaban J connectivity index is 1.72. The minimum Gasteiger partial charge on any atom is -0.467 e. The van der Waals surface area contributed by atoms with Gasteiger partial charge in [-0.3, -0.25) is 0 Å². The second-order valence-corrected chi connectivity index (χ2v) is 10.5. The number of esters is 1. The molecule has 9 heteroatoms. The first-order chi connectivity index (χ1) is 19.1. The van der Waals surface area contributed by atoms with Gasteiger partial charge in [-0.15, -0.1) is 0 Å². The number of fused-ring (bicyclic) bond motifs is 2. The first kappa shape index (κ1) is 29.8. The number of methoxy groups -OCH3 is 1. The van der Waals surface area contributed by atoms with E-state index in [0.29, 0.717) is 34.5 Å². The van der Waals surface area contributed by atoms with Crippen molar-refractivity contribution in [3.63, 3.8) is 0 Å². The van der Waals surface area contributed by atoms with Crippen LogP contribution in [0.1, 0.15) is 61.9 Å². The van der Waals surface area contributed by atoms with Gasteiger partial charge in [-0.25, -0.2) is 4.79 Å². The van der Waals surface area contributed by atoms with Gasteiger partial charge in [-0.2, -0.15) is 0 Å². The van der Waals surface area contributed by atoms with E-state index in [-0.39, 0.29) is 12.7 Å². The van der Waals surface area contributed by atoms with E-state index < -0.39 is 42.5 Å². The summed E-state index contributed by atoms with van der Waals surface area (Å²) in [5.41, 5.74) is 8.14. The molecule has 3 N–H and O–H groups in total. The predicted octanol–water partition coefficient (Wildman–Crippen LogP) is 5.00. The van der Waals surface area contributed by atoms with Crippen LogP contribution in [0.25, 0.3) is 6.08 Å². The van der Waals surface area contributed by atoms with Gasteiger partial charge in [-0.05, 0) is 57.0 Å². The highest BCUT2D eigenvalue weighted by atomic mass is 16.8. The standard InChI is InChI=1S/C31H39NO8/c1-19-14-15-24(38-29(33)21-10-7-6-8-11-21)28-25(39-31(3,4)40-28)13-9-12-22-16-23(32)17-26(36-18-35-5)27(22)30(34)37-20(19)2/h6-12,14-17,19-20,24-25,28,30,34H,13,18,32H2,1-5H3/b12-9+,15-14-/t19-,20+,24?,25+,28-,30+/m1/s1. The third-order valence-corrected chi connectivity index (χ3v) is 6.93. The smallest absolute Gasteiger partial charge is 0.338 e. The Morgan fingerprint density at radius 2 is 1.88 bits per heavy atom. The molecule has 2 aromatic carbocycles.